The van der Waals surface area contributed by atoms with Crippen molar-refractivity contribution in [2.75, 3.05) is 12.3 Å². The first-order valence-corrected chi connectivity index (χ1v) is 6.20. The van der Waals surface area contributed by atoms with Crippen LogP contribution in [0, 0.1) is 0 Å². The minimum atomic E-state index is 0.315. The Morgan fingerprint density at radius 2 is 2.14 bits per heavy atom. The van der Waals surface area contributed by atoms with E-state index in [0.717, 1.165) is 6.54 Å². The van der Waals surface area contributed by atoms with Gasteiger partial charge in [-0.25, -0.2) is 0 Å². The molecule has 2 heteroatoms. The zero-order chi connectivity index (χ0) is 9.86. The smallest absolute Gasteiger partial charge is 0.0620 e. The lowest BCUT2D eigenvalue weighted by molar-refractivity contribution is 0.507. The largest absolute Gasteiger partial charge is 0.302 e. The standard InChI is InChI=1S/C12H17NS/c1-12(13-9-10-14-12)8-7-11-5-3-2-4-6-11/h2-6,13H,7-10H2,1H3. The van der Waals surface area contributed by atoms with Crippen molar-refractivity contribution >= 4 is 11.8 Å². The molecule has 1 atom stereocenters. The molecule has 1 unspecified atom stereocenters. The summed E-state index contributed by atoms with van der Waals surface area (Å²) in [4.78, 5) is 0.315. The van der Waals surface area contributed by atoms with Gasteiger partial charge in [0.2, 0.25) is 0 Å². The van der Waals surface area contributed by atoms with Crippen LogP contribution in [0.3, 0.4) is 0 Å². The highest BCUT2D eigenvalue weighted by molar-refractivity contribution is 8.00. The molecule has 0 aromatic heterocycles. The summed E-state index contributed by atoms with van der Waals surface area (Å²) >= 11 is 2.05. The number of hydrogen-bond acceptors (Lipinski definition) is 2. The minimum absolute atomic E-state index is 0.315. The quantitative estimate of drug-likeness (QED) is 0.818. The summed E-state index contributed by atoms with van der Waals surface area (Å²) in [5.74, 6) is 1.26. The molecule has 0 radical (unpaired) electrons. The Bertz CT molecular complexity index is 278. The molecular weight excluding hydrogens is 190 g/mol. The van der Waals surface area contributed by atoms with Crippen molar-refractivity contribution < 1.29 is 0 Å². The molecule has 1 aliphatic heterocycles. The van der Waals surface area contributed by atoms with E-state index in [4.69, 9.17) is 0 Å². The Morgan fingerprint density at radius 1 is 1.36 bits per heavy atom. The molecule has 1 aromatic carbocycles. The molecule has 1 saturated heterocycles. The molecular formula is C12H17NS. The van der Waals surface area contributed by atoms with Gasteiger partial charge >= 0.3 is 0 Å². The third-order valence-electron chi connectivity index (χ3n) is 2.76. The van der Waals surface area contributed by atoms with Gasteiger partial charge in [-0.2, -0.15) is 0 Å². The van der Waals surface area contributed by atoms with E-state index in [-0.39, 0.29) is 0 Å². The zero-order valence-corrected chi connectivity index (χ0v) is 9.44. The number of thioether (sulfide) groups is 1. The second-order valence-corrected chi connectivity index (χ2v) is 5.59. The van der Waals surface area contributed by atoms with E-state index in [1.54, 1.807) is 0 Å². The van der Waals surface area contributed by atoms with Crippen LogP contribution >= 0.6 is 11.8 Å². The first kappa shape index (κ1) is 10.1. The van der Waals surface area contributed by atoms with Gasteiger partial charge in [-0.05, 0) is 25.3 Å². The fourth-order valence-corrected chi connectivity index (χ4v) is 2.94. The van der Waals surface area contributed by atoms with Gasteiger partial charge in [-0.15, -0.1) is 11.8 Å². The molecule has 1 aromatic rings. The van der Waals surface area contributed by atoms with Crippen molar-refractivity contribution in [1.29, 1.82) is 0 Å². The highest BCUT2D eigenvalue weighted by Crippen LogP contribution is 2.30. The van der Waals surface area contributed by atoms with Crippen LogP contribution < -0.4 is 5.32 Å². The van der Waals surface area contributed by atoms with E-state index in [0.29, 0.717) is 4.87 Å². The summed E-state index contributed by atoms with van der Waals surface area (Å²) in [5.41, 5.74) is 1.45. The van der Waals surface area contributed by atoms with Crippen LogP contribution in [0.4, 0.5) is 0 Å². The number of nitrogens with one attached hydrogen (secondary N) is 1. The van der Waals surface area contributed by atoms with Gasteiger partial charge < -0.3 is 5.32 Å². The second-order valence-electron chi connectivity index (χ2n) is 3.99. The van der Waals surface area contributed by atoms with Gasteiger partial charge in [0.05, 0.1) is 4.87 Å². The zero-order valence-electron chi connectivity index (χ0n) is 8.62. The lowest BCUT2D eigenvalue weighted by atomic mass is 10.1. The normalized spacial score (nSPS) is 26.6. The monoisotopic (exact) mass is 207 g/mol. The highest BCUT2D eigenvalue weighted by Gasteiger charge is 2.27. The Labute approximate surface area is 90.3 Å². The molecule has 14 heavy (non-hydrogen) atoms. The van der Waals surface area contributed by atoms with Crippen LogP contribution in [0.5, 0.6) is 0 Å². The summed E-state index contributed by atoms with van der Waals surface area (Å²) in [5, 5.41) is 3.57. The Kier molecular flexibility index (Phi) is 3.14. The summed E-state index contributed by atoms with van der Waals surface area (Å²) in [6.07, 6.45) is 2.40. The van der Waals surface area contributed by atoms with Crippen molar-refractivity contribution in [3.63, 3.8) is 0 Å². The molecule has 1 N–H and O–H groups in total. The predicted molar refractivity (Wildman–Crippen MR) is 63.6 cm³/mol. The first-order chi connectivity index (χ1) is 6.79. The summed E-state index contributed by atoms with van der Waals surface area (Å²) in [6.45, 7) is 3.48. The lowest BCUT2D eigenvalue weighted by Gasteiger charge is -2.23. The topological polar surface area (TPSA) is 12.0 Å². The van der Waals surface area contributed by atoms with Gasteiger partial charge in [0.25, 0.3) is 0 Å². The lowest BCUT2D eigenvalue weighted by Crippen LogP contribution is -2.33. The van der Waals surface area contributed by atoms with Crippen molar-refractivity contribution in [3.05, 3.63) is 35.9 Å². The summed E-state index contributed by atoms with van der Waals surface area (Å²) in [7, 11) is 0. The number of rotatable bonds is 3. The third-order valence-corrected chi connectivity index (χ3v) is 4.15. The molecule has 0 spiro atoms. The highest BCUT2D eigenvalue weighted by atomic mass is 32.2. The van der Waals surface area contributed by atoms with Crippen LogP contribution in [0.25, 0.3) is 0 Å². The number of aryl methyl sites for hydroxylation is 1. The first-order valence-electron chi connectivity index (χ1n) is 5.21. The van der Waals surface area contributed by atoms with Gasteiger partial charge in [0.1, 0.15) is 0 Å². The van der Waals surface area contributed by atoms with Crippen LogP contribution in [0.15, 0.2) is 30.3 Å². The molecule has 1 fully saturated rings. The van der Waals surface area contributed by atoms with Gasteiger partial charge in [0, 0.05) is 12.3 Å². The molecule has 0 saturated carbocycles. The molecule has 1 aliphatic rings. The minimum Gasteiger partial charge on any atom is -0.302 e. The van der Waals surface area contributed by atoms with Crippen LogP contribution in [0.1, 0.15) is 18.9 Å². The van der Waals surface area contributed by atoms with Gasteiger partial charge in [-0.1, -0.05) is 30.3 Å². The van der Waals surface area contributed by atoms with Crippen LogP contribution in [-0.2, 0) is 6.42 Å². The molecule has 0 aliphatic carbocycles. The Balaban J connectivity index is 1.88. The average Bonchev–Trinajstić information content (AvgIpc) is 2.65. The maximum atomic E-state index is 3.57. The maximum Gasteiger partial charge on any atom is 0.0620 e. The second kappa shape index (κ2) is 4.37. The average molecular weight is 207 g/mol. The van der Waals surface area contributed by atoms with E-state index < -0.39 is 0 Å². The molecule has 1 nitrogen and oxygen atoms in total. The van der Waals surface area contributed by atoms with Crippen LogP contribution in [-0.4, -0.2) is 17.2 Å². The fraction of sp³-hybridized carbons (Fsp3) is 0.500. The number of hydrogen-bond donors (Lipinski definition) is 1. The van der Waals surface area contributed by atoms with Crippen molar-refractivity contribution in [3.8, 4) is 0 Å². The molecule has 76 valence electrons. The summed E-state index contributed by atoms with van der Waals surface area (Å²) < 4.78 is 0. The van der Waals surface area contributed by atoms with E-state index in [2.05, 4.69) is 54.3 Å². The molecule has 2 rings (SSSR count). The van der Waals surface area contributed by atoms with E-state index in [1.165, 1.54) is 24.2 Å². The Morgan fingerprint density at radius 3 is 2.79 bits per heavy atom. The SMILES string of the molecule is CC1(CCc2ccccc2)NCCS1. The van der Waals surface area contributed by atoms with Crippen molar-refractivity contribution in [1.82, 2.24) is 5.32 Å². The molecule has 1 heterocycles. The van der Waals surface area contributed by atoms with Gasteiger partial charge in [-0.3, -0.25) is 0 Å². The van der Waals surface area contributed by atoms with Crippen LogP contribution in [0.2, 0.25) is 0 Å². The van der Waals surface area contributed by atoms with E-state index in [9.17, 15) is 0 Å². The third kappa shape index (κ3) is 2.52. The fourth-order valence-electron chi connectivity index (χ4n) is 1.83. The maximum absolute atomic E-state index is 3.57. The number of benzene rings is 1. The Hall–Kier alpha value is -0.470. The van der Waals surface area contributed by atoms with E-state index >= 15 is 0 Å². The predicted octanol–water partition coefficient (Wildman–Crippen LogP) is 2.67. The molecule has 0 amide bonds. The van der Waals surface area contributed by atoms with Crippen molar-refractivity contribution in [2.45, 2.75) is 24.6 Å². The summed E-state index contributed by atoms with van der Waals surface area (Å²) in [6, 6.07) is 10.7. The van der Waals surface area contributed by atoms with Crippen molar-refractivity contribution in [2.24, 2.45) is 0 Å². The van der Waals surface area contributed by atoms with E-state index in [1.807, 2.05) is 0 Å². The van der Waals surface area contributed by atoms with Gasteiger partial charge in [0.15, 0.2) is 0 Å². The molecule has 0 bridgehead atoms.